The second-order valence-corrected chi connectivity index (χ2v) is 10.0. The van der Waals surface area contributed by atoms with Crippen molar-refractivity contribution in [2.24, 2.45) is 0 Å². The third kappa shape index (κ3) is 8.22. The molecular weight excluding hydrogens is 535 g/mol. The van der Waals surface area contributed by atoms with Crippen LogP contribution in [0.25, 0.3) is 11.1 Å². The van der Waals surface area contributed by atoms with Crippen LogP contribution in [0.5, 0.6) is 5.75 Å². The Labute approximate surface area is 217 Å². The molecule has 194 valence electrons. The van der Waals surface area contributed by atoms with Gasteiger partial charge in [-0.2, -0.15) is 4.98 Å². The molecule has 2 aromatic carbocycles. The first-order valence-corrected chi connectivity index (χ1v) is 12.5. The van der Waals surface area contributed by atoms with E-state index in [9.17, 15) is 14.0 Å². The highest BCUT2D eigenvalue weighted by Gasteiger charge is 2.27. The average Bonchev–Trinajstić information content (AvgIpc) is 3.19. The maximum absolute atomic E-state index is 14.2. The van der Waals surface area contributed by atoms with E-state index in [1.807, 2.05) is 12.1 Å². The molecule has 1 atom stereocenters. The molecule has 36 heavy (non-hydrogen) atoms. The van der Waals surface area contributed by atoms with E-state index in [-0.39, 0.29) is 24.0 Å². The number of rotatable bonds is 11. The molecule has 1 aromatic heterocycles. The molecule has 0 fully saturated rings. The van der Waals surface area contributed by atoms with Crippen LogP contribution >= 0.6 is 15.9 Å². The van der Waals surface area contributed by atoms with Crippen LogP contribution in [0.15, 0.2) is 45.3 Å². The molecule has 1 heterocycles. The summed E-state index contributed by atoms with van der Waals surface area (Å²) in [7, 11) is 0. The van der Waals surface area contributed by atoms with Crippen molar-refractivity contribution in [2.75, 3.05) is 18.5 Å². The number of anilines is 1. The SMILES string of the molecule is CCOC(=O)CCCOc1ccc(C[C@H](Nc2nc3cc(Br)cc(F)c3o2)C(=O)OC(C)(C)C)cc1. The van der Waals surface area contributed by atoms with Crippen molar-refractivity contribution in [3.8, 4) is 5.75 Å². The van der Waals surface area contributed by atoms with Crippen LogP contribution in [-0.4, -0.2) is 41.8 Å². The molecule has 0 saturated carbocycles. The van der Waals surface area contributed by atoms with Crippen molar-refractivity contribution < 1.29 is 32.6 Å². The number of esters is 2. The van der Waals surface area contributed by atoms with Gasteiger partial charge in [0.2, 0.25) is 0 Å². The van der Waals surface area contributed by atoms with Gasteiger partial charge in [0.1, 0.15) is 22.9 Å². The molecule has 0 radical (unpaired) electrons. The number of aromatic nitrogens is 1. The van der Waals surface area contributed by atoms with Gasteiger partial charge >= 0.3 is 11.9 Å². The highest BCUT2D eigenvalue weighted by molar-refractivity contribution is 9.10. The first-order valence-electron chi connectivity index (χ1n) is 11.7. The van der Waals surface area contributed by atoms with Gasteiger partial charge in [-0.15, -0.1) is 0 Å². The van der Waals surface area contributed by atoms with Crippen LogP contribution in [0.2, 0.25) is 0 Å². The van der Waals surface area contributed by atoms with Crippen LogP contribution < -0.4 is 10.1 Å². The minimum atomic E-state index is -0.833. The third-order valence-corrected chi connectivity index (χ3v) is 5.32. The second-order valence-electron chi connectivity index (χ2n) is 9.09. The second kappa shape index (κ2) is 12.2. The Morgan fingerprint density at radius 1 is 1.19 bits per heavy atom. The van der Waals surface area contributed by atoms with Crippen LogP contribution in [0.3, 0.4) is 0 Å². The lowest BCUT2D eigenvalue weighted by Gasteiger charge is -2.24. The van der Waals surface area contributed by atoms with Crippen LogP contribution in [0.1, 0.15) is 46.1 Å². The lowest BCUT2D eigenvalue weighted by molar-refractivity contribution is -0.155. The molecule has 0 bridgehead atoms. The molecule has 0 aliphatic heterocycles. The lowest BCUT2D eigenvalue weighted by Crippen LogP contribution is -2.38. The highest BCUT2D eigenvalue weighted by atomic mass is 79.9. The quantitative estimate of drug-likeness (QED) is 0.230. The number of hydrogen-bond acceptors (Lipinski definition) is 8. The Hall–Kier alpha value is -3.14. The number of nitrogens with zero attached hydrogens (tertiary/aromatic N) is 1. The summed E-state index contributed by atoms with van der Waals surface area (Å²) in [5.41, 5.74) is 0.448. The fraction of sp³-hybridized carbons (Fsp3) is 0.423. The first kappa shape index (κ1) is 27.4. The Morgan fingerprint density at radius 3 is 2.58 bits per heavy atom. The fourth-order valence-corrected chi connectivity index (χ4v) is 3.75. The molecule has 3 aromatic rings. The Balaban J connectivity index is 1.68. The number of oxazole rings is 1. The summed E-state index contributed by atoms with van der Waals surface area (Å²) < 4.78 is 36.4. The summed E-state index contributed by atoms with van der Waals surface area (Å²) in [6, 6.07) is 9.34. The topological polar surface area (TPSA) is 99.9 Å². The minimum absolute atomic E-state index is 0.00639. The maximum atomic E-state index is 14.2. The summed E-state index contributed by atoms with van der Waals surface area (Å²) in [5.74, 6) is -0.659. The number of halogens is 2. The van der Waals surface area contributed by atoms with E-state index in [4.69, 9.17) is 18.6 Å². The third-order valence-electron chi connectivity index (χ3n) is 4.86. The van der Waals surface area contributed by atoms with Gasteiger partial charge < -0.3 is 23.9 Å². The number of carbonyl (C=O) groups excluding carboxylic acids is 2. The van der Waals surface area contributed by atoms with Crippen LogP contribution in [-0.2, 0) is 25.5 Å². The molecule has 0 aliphatic carbocycles. The molecule has 0 aliphatic rings. The first-order chi connectivity index (χ1) is 17.0. The average molecular weight is 565 g/mol. The van der Waals surface area contributed by atoms with E-state index in [0.29, 0.717) is 41.8 Å². The van der Waals surface area contributed by atoms with Gasteiger partial charge in [0.05, 0.1) is 13.2 Å². The number of ether oxygens (including phenoxy) is 3. The van der Waals surface area contributed by atoms with Gasteiger partial charge in [0.15, 0.2) is 11.4 Å². The number of carbonyl (C=O) groups is 2. The molecule has 0 unspecified atom stereocenters. The summed E-state index contributed by atoms with van der Waals surface area (Å²) >= 11 is 3.23. The van der Waals surface area contributed by atoms with Crippen LogP contribution in [0.4, 0.5) is 10.4 Å². The van der Waals surface area contributed by atoms with Crippen molar-refractivity contribution >= 4 is 45.0 Å². The van der Waals surface area contributed by atoms with Crippen LogP contribution in [0, 0.1) is 5.82 Å². The van der Waals surface area contributed by atoms with E-state index in [0.717, 1.165) is 5.56 Å². The van der Waals surface area contributed by atoms with E-state index in [2.05, 4.69) is 26.2 Å². The fourth-order valence-electron chi connectivity index (χ4n) is 3.33. The molecule has 0 amide bonds. The smallest absolute Gasteiger partial charge is 0.329 e. The van der Waals surface area contributed by atoms with Gasteiger partial charge in [-0.05, 0) is 63.9 Å². The Kier molecular flexibility index (Phi) is 9.31. The van der Waals surface area contributed by atoms with E-state index < -0.39 is 23.4 Å². The molecule has 3 rings (SSSR count). The van der Waals surface area contributed by atoms with E-state index in [1.165, 1.54) is 6.07 Å². The van der Waals surface area contributed by atoms with Crippen molar-refractivity contribution in [1.82, 2.24) is 4.98 Å². The van der Waals surface area contributed by atoms with Crippen molar-refractivity contribution in [3.63, 3.8) is 0 Å². The van der Waals surface area contributed by atoms with Gasteiger partial charge in [-0.3, -0.25) is 4.79 Å². The zero-order valence-electron chi connectivity index (χ0n) is 20.7. The summed E-state index contributed by atoms with van der Waals surface area (Å²) in [4.78, 5) is 28.6. The van der Waals surface area contributed by atoms with Crippen molar-refractivity contribution in [2.45, 2.75) is 58.6 Å². The monoisotopic (exact) mass is 564 g/mol. The largest absolute Gasteiger partial charge is 0.494 e. The van der Waals surface area contributed by atoms with Gasteiger partial charge in [-0.25, -0.2) is 9.18 Å². The van der Waals surface area contributed by atoms with Gasteiger partial charge in [0, 0.05) is 17.3 Å². The minimum Gasteiger partial charge on any atom is -0.494 e. The molecule has 0 spiro atoms. The van der Waals surface area contributed by atoms with Crippen molar-refractivity contribution in [1.29, 1.82) is 0 Å². The standard InChI is InChI=1S/C26H30BrFN2O6/c1-5-33-22(31)7-6-12-34-18-10-8-16(9-11-18)13-21(24(32)36-26(2,3)4)30-25-29-20-15-17(27)14-19(28)23(20)35-25/h8-11,14-15,21H,5-7,12-13H2,1-4H3,(H,29,30)/t21-/m0/s1. The molecular formula is C26H30BrFN2O6. The van der Waals surface area contributed by atoms with Crippen molar-refractivity contribution in [3.05, 3.63) is 52.3 Å². The van der Waals surface area contributed by atoms with Gasteiger partial charge in [-0.1, -0.05) is 28.1 Å². The summed E-state index contributed by atoms with van der Waals surface area (Å²) in [6.45, 7) is 7.85. The summed E-state index contributed by atoms with van der Waals surface area (Å²) in [5, 5.41) is 2.95. The molecule has 10 heteroatoms. The zero-order chi connectivity index (χ0) is 26.3. The number of hydrogen-bond donors (Lipinski definition) is 1. The predicted octanol–water partition coefficient (Wildman–Crippen LogP) is 5.82. The van der Waals surface area contributed by atoms with E-state index in [1.54, 1.807) is 45.9 Å². The lowest BCUT2D eigenvalue weighted by atomic mass is 10.1. The molecule has 8 nitrogen and oxygen atoms in total. The number of nitrogens with one attached hydrogen (secondary N) is 1. The molecule has 0 saturated heterocycles. The normalized spacial score (nSPS) is 12.3. The summed E-state index contributed by atoms with van der Waals surface area (Å²) in [6.07, 6.45) is 1.11. The predicted molar refractivity (Wildman–Crippen MR) is 136 cm³/mol. The van der Waals surface area contributed by atoms with Gasteiger partial charge in [0.25, 0.3) is 6.01 Å². The maximum Gasteiger partial charge on any atom is 0.329 e. The zero-order valence-corrected chi connectivity index (χ0v) is 22.3. The number of fused-ring (bicyclic) bond motifs is 1. The highest BCUT2D eigenvalue weighted by Crippen LogP contribution is 2.27. The van der Waals surface area contributed by atoms with E-state index >= 15 is 0 Å². The Bertz CT molecular complexity index is 1190. The number of benzene rings is 2. The molecule has 1 N–H and O–H groups in total. The Morgan fingerprint density at radius 2 is 1.92 bits per heavy atom.